The van der Waals surface area contributed by atoms with Gasteiger partial charge >= 0.3 is 6.09 Å². The van der Waals surface area contributed by atoms with Crippen LogP contribution in [0.5, 0.6) is 5.75 Å². The fourth-order valence-electron chi connectivity index (χ4n) is 5.60. The topological polar surface area (TPSA) is 85.5 Å². The summed E-state index contributed by atoms with van der Waals surface area (Å²) in [6.07, 6.45) is 3.99. The summed E-state index contributed by atoms with van der Waals surface area (Å²) in [6.45, 7) is 3.14. The van der Waals surface area contributed by atoms with Gasteiger partial charge in [-0.1, -0.05) is 24.3 Å². The molecule has 1 unspecified atom stereocenters. The lowest BCUT2D eigenvalue weighted by atomic mass is 9.92. The van der Waals surface area contributed by atoms with Crippen LogP contribution in [-0.2, 0) is 9.47 Å². The predicted molar refractivity (Wildman–Crippen MR) is 154 cm³/mol. The fourth-order valence-corrected chi connectivity index (χ4v) is 5.60. The van der Waals surface area contributed by atoms with Crippen LogP contribution in [0.15, 0.2) is 66.7 Å². The van der Waals surface area contributed by atoms with Crippen molar-refractivity contribution in [2.24, 2.45) is 0 Å². The van der Waals surface area contributed by atoms with Crippen molar-refractivity contribution in [3.8, 4) is 23.1 Å². The minimum absolute atomic E-state index is 0.116. The van der Waals surface area contributed by atoms with Gasteiger partial charge < -0.3 is 18.8 Å². The Balaban J connectivity index is 1.25. The van der Waals surface area contributed by atoms with E-state index >= 15 is 0 Å². The highest BCUT2D eigenvalue weighted by Gasteiger charge is 2.28. The van der Waals surface area contributed by atoms with Gasteiger partial charge in [-0.15, -0.1) is 0 Å². The first-order chi connectivity index (χ1) is 20.0. The van der Waals surface area contributed by atoms with Gasteiger partial charge in [0.2, 0.25) is 0 Å². The average Bonchev–Trinajstić information content (AvgIpc) is 3.26. The van der Waals surface area contributed by atoms with Gasteiger partial charge in [-0.3, -0.25) is 5.32 Å². The number of rotatable bonds is 7. The number of ether oxygens (including phenoxy) is 3. The van der Waals surface area contributed by atoms with Crippen LogP contribution < -0.4 is 10.1 Å². The Kier molecular flexibility index (Phi) is 7.62. The summed E-state index contributed by atoms with van der Waals surface area (Å²) < 4.78 is 32.7. The molecule has 0 radical (unpaired) electrons. The number of aromatic nitrogens is 1. The summed E-state index contributed by atoms with van der Waals surface area (Å²) in [6, 6.07) is 22.2. The van der Waals surface area contributed by atoms with Crippen molar-refractivity contribution in [3.05, 3.63) is 83.7 Å². The first kappa shape index (κ1) is 26.9. The zero-order valence-corrected chi connectivity index (χ0v) is 22.9. The molecule has 0 bridgehead atoms. The summed E-state index contributed by atoms with van der Waals surface area (Å²) in [7, 11) is 0. The van der Waals surface area contributed by atoms with Gasteiger partial charge in [-0.2, -0.15) is 5.26 Å². The van der Waals surface area contributed by atoms with Gasteiger partial charge in [0.1, 0.15) is 29.8 Å². The molecule has 41 heavy (non-hydrogen) atoms. The molecular formula is C33H32FN3O4. The third-order valence-electron chi connectivity index (χ3n) is 8.03. The first-order valence-electron chi connectivity index (χ1n) is 14.2. The van der Waals surface area contributed by atoms with E-state index in [1.807, 2.05) is 36.4 Å². The van der Waals surface area contributed by atoms with Gasteiger partial charge in [0.05, 0.1) is 30.0 Å². The zero-order valence-electron chi connectivity index (χ0n) is 22.9. The Labute approximate surface area is 238 Å². The van der Waals surface area contributed by atoms with E-state index in [0.717, 1.165) is 60.0 Å². The molecule has 1 atom stereocenters. The van der Waals surface area contributed by atoms with Crippen molar-refractivity contribution >= 4 is 22.7 Å². The van der Waals surface area contributed by atoms with Crippen molar-refractivity contribution < 1.29 is 23.4 Å². The average molecular weight is 554 g/mol. The van der Waals surface area contributed by atoms with Crippen LogP contribution in [0.4, 0.5) is 14.9 Å². The second kappa shape index (κ2) is 11.6. The van der Waals surface area contributed by atoms with Gasteiger partial charge in [0, 0.05) is 30.0 Å². The maximum Gasteiger partial charge on any atom is 0.412 e. The summed E-state index contributed by atoms with van der Waals surface area (Å²) >= 11 is 0. The van der Waals surface area contributed by atoms with E-state index in [4.69, 9.17) is 14.2 Å². The Morgan fingerprint density at radius 3 is 2.44 bits per heavy atom. The smallest absolute Gasteiger partial charge is 0.412 e. The van der Waals surface area contributed by atoms with Gasteiger partial charge in [0.15, 0.2) is 0 Å². The third kappa shape index (κ3) is 5.63. The number of nitrogens with zero attached hydrogens (tertiary/aromatic N) is 2. The largest absolute Gasteiger partial charge is 0.490 e. The van der Waals surface area contributed by atoms with Crippen molar-refractivity contribution in [1.29, 1.82) is 5.26 Å². The second-order valence-corrected chi connectivity index (χ2v) is 10.7. The quantitative estimate of drug-likeness (QED) is 0.251. The first-order valence-corrected chi connectivity index (χ1v) is 14.2. The number of carbonyl (C=O) groups is 1. The highest BCUT2D eigenvalue weighted by Crippen LogP contribution is 2.43. The number of anilines is 1. The number of nitrogens with one attached hydrogen (secondary N) is 1. The fraction of sp³-hybridized carbons (Fsp3) is 0.333. The van der Waals surface area contributed by atoms with Crippen molar-refractivity contribution in [3.63, 3.8) is 0 Å². The van der Waals surface area contributed by atoms with Crippen molar-refractivity contribution in [2.45, 2.75) is 57.3 Å². The van der Waals surface area contributed by atoms with Gasteiger partial charge in [-0.25, -0.2) is 9.18 Å². The molecule has 1 amide bonds. The molecule has 4 aromatic rings. The number of amides is 1. The van der Waals surface area contributed by atoms with Crippen LogP contribution in [0, 0.1) is 17.1 Å². The molecule has 1 saturated carbocycles. The molecule has 8 heteroatoms. The standard InChI is InChI=1S/C33H32FN3O4/c1-21(22-5-9-24(34)10-6-22)40-33(38)36-25-11-7-23(8-12-25)32-30(20-35)29-19-28(41-27-15-17-39-18-16-27)13-14-31(29)37(32)26-3-2-4-26/h5-14,19,21,26-27H,2-4,15-18H2,1H3,(H,36,38). The molecule has 1 aromatic heterocycles. The van der Waals surface area contributed by atoms with Crippen LogP contribution in [0.2, 0.25) is 0 Å². The summed E-state index contributed by atoms with van der Waals surface area (Å²) in [4.78, 5) is 12.5. The SMILES string of the molecule is CC(OC(=O)Nc1ccc(-c2c(C#N)c3cc(OC4CCOCC4)ccc3n2C2CCC2)cc1)c1ccc(F)cc1. The van der Waals surface area contributed by atoms with Gasteiger partial charge in [-0.05, 0) is 79.8 Å². The Hall–Kier alpha value is -4.35. The molecule has 210 valence electrons. The minimum Gasteiger partial charge on any atom is -0.490 e. The number of fused-ring (bicyclic) bond motifs is 1. The number of carbonyl (C=O) groups excluding carboxylic acids is 1. The lowest BCUT2D eigenvalue weighted by Crippen LogP contribution is -2.25. The van der Waals surface area contributed by atoms with Crippen LogP contribution >= 0.6 is 0 Å². The van der Waals surface area contributed by atoms with E-state index in [9.17, 15) is 14.4 Å². The number of hydrogen-bond donors (Lipinski definition) is 1. The molecule has 0 spiro atoms. The lowest BCUT2D eigenvalue weighted by molar-refractivity contribution is 0.0256. The van der Waals surface area contributed by atoms with E-state index in [2.05, 4.69) is 22.0 Å². The summed E-state index contributed by atoms with van der Waals surface area (Å²) in [5.41, 5.74) is 4.71. The lowest BCUT2D eigenvalue weighted by Gasteiger charge is -2.30. The molecule has 3 aromatic carbocycles. The minimum atomic E-state index is -0.604. The number of halogens is 1. The molecule has 7 nitrogen and oxygen atoms in total. The van der Waals surface area contributed by atoms with Crippen LogP contribution in [-0.4, -0.2) is 30.0 Å². The molecule has 2 fully saturated rings. The van der Waals surface area contributed by atoms with E-state index in [-0.39, 0.29) is 11.9 Å². The van der Waals surface area contributed by atoms with E-state index in [0.29, 0.717) is 36.1 Å². The van der Waals surface area contributed by atoms with E-state index in [1.54, 1.807) is 19.1 Å². The Morgan fingerprint density at radius 2 is 1.78 bits per heavy atom. The van der Waals surface area contributed by atoms with Crippen LogP contribution in [0.3, 0.4) is 0 Å². The normalized spacial score (nSPS) is 16.5. The zero-order chi connectivity index (χ0) is 28.3. The number of benzene rings is 3. The molecule has 1 saturated heterocycles. The maximum absolute atomic E-state index is 13.2. The van der Waals surface area contributed by atoms with Crippen molar-refractivity contribution in [1.82, 2.24) is 4.57 Å². The monoisotopic (exact) mass is 553 g/mol. The Morgan fingerprint density at radius 1 is 1.05 bits per heavy atom. The molecule has 2 heterocycles. The third-order valence-corrected chi connectivity index (χ3v) is 8.03. The molecule has 1 aliphatic heterocycles. The number of nitriles is 1. The maximum atomic E-state index is 13.2. The van der Waals surface area contributed by atoms with Gasteiger partial charge in [0.25, 0.3) is 0 Å². The van der Waals surface area contributed by atoms with Crippen LogP contribution in [0.25, 0.3) is 22.2 Å². The molecule has 2 aliphatic rings. The molecule has 1 N–H and O–H groups in total. The molecule has 6 rings (SSSR count). The predicted octanol–water partition coefficient (Wildman–Crippen LogP) is 7.91. The van der Waals surface area contributed by atoms with E-state index < -0.39 is 12.2 Å². The molecular weight excluding hydrogens is 521 g/mol. The summed E-state index contributed by atoms with van der Waals surface area (Å²) in [5.74, 6) is 0.427. The van der Waals surface area contributed by atoms with Crippen LogP contribution in [0.1, 0.15) is 62.3 Å². The Bertz CT molecular complexity index is 1580. The number of hydrogen-bond acceptors (Lipinski definition) is 5. The van der Waals surface area contributed by atoms with E-state index in [1.165, 1.54) is 12.1 Å². The second-order valence-electron chi connectivity index (χ2n) is 10.7. The molecule has 1 aliphatic carbocycles. The highest BCUT2D eigenvalue weighted by molar-refractivity contribution is 5.96. The van der Waals surface area contributed by atoms with Crippen molar-refractivity contribution in [2.75, 3.05) is 18.5 Å². The summed E-state index contributed by atoms with van der Waals surface area (Å²) in [5, 5.41) is 14.0. The highest BCUT2D eigenvalue weighted by atomic mass is 19.1.